The van der Waals surface area contributed by atoms with E-state index in [4.69, 9.17) is 11.6 Å². The molecular formula is C13H11BrClNO2S. The number of sulfonamides is 1. The molecule has 6 heteroatoms. The summed E-state index contributed by atoms with van der Waals surface area (Å²) in [5.74, 6) is 0. The molecule has 0 saturated carbocycles. The van der Waals surface area contributed by atoms with Crippen LogP contribution in [0.5, 0.6) is 0 Å². The topological polar surface area (TPSA) is 46.2 Å². The van der Waals surface area contributed by atoms with E-state index in [1.54, 1.807) is 42.5 Å². The first-order chi connectivity index (χ1) is 8.97. The van der Waals surface area contributed by atoms with E-state index in [1.165, 1.54) is 0 Å². The molecule has 0 saturated heterocycles. The van der Waals surface area contributed by atoms with Crippen molar-refractivity contribution in [1.82, 2.24) is 4.72 Å². The highest BCUT2D eigenvalue weighted by Crippen LogP contribution is 2.16. The molecule has 19 heavy (non-hydrogen) atoms. The van der Waals surface area contributed by atoms with Crippen LogP contribution < -0.4 is 4.72 Å². The molecule has 0 heterocycles. The minimum absolute atomic E-state index is 0.204. The van der Waals surface area contributed by atoms with Crippen molar-refractivity contribution >= 4 is 37.6 Å². The first-order valence-corrected chi connectivity index (χ1v) is 8.12. The van der Waals surface area contributed by atoms with Gasteiger partial charge in [0.25, 0.3) is 0 Å². The number of rotatable bonds is 4. The van der Waals surface area contributed by atoms with Crippen molar-refractivity contribution in [2.24, 2.45) is 0 Å². The van der Waals surface area contributed by atoms with Gasteiger partial charge in [-0.25, -0.2) is 13.1 Å². The number of hydrogen-bond acceptors (Lipinski definition) is 2. The SMILES string of the molecule is O=S(=O)(NCc1cccc(Cl)c1)c1cccc(Br)c1. The Kier molecular flexibility index (Phi) is 4.62. The molecule has 100 valence electrons. The van der Waals surface area contributed by atoms with Gasteiger partial charge < -0.3 is 0 Å². The number of nitrogens with one attached hydrogen (secondary N) is 1. The summed E-state index contributed by atoms with van der Waals surface area (Å²) in [5.41, 5.74) is 0.811. The highest BCUT2D eigenvalue weighted by molar-refractivity contribution is 9.10. The van der Waals surface area contributed by atoms with Crippen LogP contribution in [0.4, 0.5) is 0 Å². The van der Waals surface area contributed by atoms with Crippen LogP contribution in [0.25, 0.3) is 0 Å². The molecule has 2 aromatic rings. The Morgan fingerprint density at radius 1 is 1.11 bits per heavy atom. The van der Waals surface area contributed by atoms with Crippen LogP contribution in [0, 0.1) is 0 Å². The molecule has 0 atom stereocenters. The minimum atomic E-state index is -3.52. The monoisotopic (exact) mass is 359 g/mol. The van der Waals surface area contributed by atoms with Crippen LogP contribution in [0.15, 0.2) is 57.9 Å². The lowest BCUT2D eigenvalue weighted by atomic mass is 10.2. The first-order valence-electron chi connectivity index (χ1n) is 5.47. The van der Waals surface area contributed by atoms with E-state index in [1.807, 2.05) is 6.07 Å². The highest BCUT2D eigenvalue weighted by Gasteiger charge is 2.13. The summed E-state index contributed by atoms with van der Waals surface area (Å²) in [5, 5.41) is 0.583. The molecule has 0 amide bonds. The molecule has 1 N–H and O–H groups in total. The summed E-state index contributed by atoms with van der Waals surface area (Å²) in [6, 6.07) is 13.6. The zero-order chi connectivity index (χ0) is 13.9. The second kappa shape index (κ2) is 6.05. The lowest BCUT2D eigenvalue weighted by Gasteiger charge is -2.07. The number of hydrogen-bond donors (Lipinski definition) is 1. The molecule has 0 aliphatic heterocycles. The third kappa shape index (κ3) is 4.04. The second-order valence-electron chi connectivity index (χ2n) is 3.91. The van der Waals surface area contributed by atoms with Crippen LogP contribution >= 0.6 is 27.5 Å². The summed E-state index contributed by atoms with van der Waals surface area (Å²) < 4.78 is 27.4. The number of halogens is 2. The summed E-state index contributed by atoms with van der Waals surface area (Å²) >= 11 is 9.10. The molecule has 0 unspecified atom stereocenters. The predicted molar refractivity (Wildman–Crippen MR) is 79.6 cm³/mol. The van der Waals surface area contributed by atoms with Gasteiger partial charge in [0.05, 0.1) is 4.90 Å². The van der Waals surface area contributed by atoms with Gasteiger partial charge in [-0.2, -0.15) is 0 Å². The quantitative estimate of drug-likeness (QED) is 0.906. The van der Waals surface area contributed by atoms with Crippen molar-refractivity contribution in [2.75, 3.05) is 0 Å². The molecule has 2 aromatic carbocycles. The van der Waals surface area contributed by atoms with E-state index < -0.39 is 10.0 Å². The van der Waals surface area contributed by atoms with Gasteiger partial charge in [0.1, 0.15) is 0 Å². The molecule has 3 nitrogen and oxygen atoms in total. The smallest absolute Gasteiger partial charge is 0.207 e. The summed E-state index contributed by atoms with van der Waals surface area (Å²) in [6.07, 6.45) is 0. The van der Waals surface area contributed by atoms with Gasteiger partial charge in [-0.15, -0.1) is 0 Å². The minimum Gasteiger partial charge on any atom is -0.207 e. The van der Waals surface area contributed by atoms with Crippen molar-refractivity contribution < 1.29 is 8.42 Å². The Morgan fingerprint density at radius 3 is 2.53 bits per heavy atom. The van der Waals surface area contributed by atoms with Gasteiger partial charge in [0.15, 0.2) is 0 Å². The fourth-order valence-corrected chi connectivity index (χ4v) is 3.37. The lowest BCUT2D eigenvalue weighted by Crippen LogP contribution is -2.23. The molecule has 0 aromatic heterocycles. The van der Waals surface area contributed by atoms with E-state index in [0.717, 1.165) is 10.0 Å². The van der Waals surface area contributed by atoms with Crippen molar-refractivity contribution in [2.45, 2.75) is 11.4 Å². The summed E-state index contributed by atoms with van der Waals surface area (Å²) in [7, 11) is -3.52. The van der Waals surface area contributed by atoms with Crippen LogP contribution in [0.2, 0.25) is 5.02 Å². The second-order valence-corrected chi connectivity index (χ2v) is 7.03. The third-order valence-electron chi connectivity index (χ3n) is 2.46. The van der Waals surface area contributed by atoms with Crippen LogP contribution in [0.3, 0.4) is 0 Å². The maximum absolute atomic E-state index is 12.1. The van der Waals surface area contributed by atoms with E-state index in [9.17, 15) is 8.42 Å². The molecule has 0 spiro atoms. The first kappa shape index (κ1) is 14.5. The Balaban J connectivity index is 2.14. The molecule has 0 radical (unpaired) electrons. The highest BCUT2D eigenvalue weighted by atomic mass is 79.9. The van der Waals surface area contributed by atoms with Crippen molar-refractivity contribution in [3.63, 3.8) is 0 Å². The number of benzene rings is 2. The van der Waals surface area contributed by atoms with Crippen molar-refractivity contribution in [3.05, 3.63) is 63.6 Å². The van der Waals surface area contributed by atoms with E-state index in [0.29, 0.717) is 5.02 Å². The molecular weight excluding hydrogens is 350 g/mol. The fourth-order valence-electron chi connectivity index (χ4n) is 1.54. The van der Waals surface area contributed by atoms with Crippen molar-refractivity contribution in [3.8, 4) is 0 Å². The van der Waals surface area contributed by atoms with Crippen LogP contribution in [0.1, 0.15) is 5.56 Å². The van der Waals surface area contributed by atoms with Gasteiger partial charge in [-0.05, 0) is 35.9 Å². The maximum atomic E-state index is 12.1. The van der Waals surface area contributed by atoms with Gasteiger partial charge in [0.2, 0.25) is 10.0 Å². The van der Waals surface area contributed by atoms with E-state index in [2.05, 4.69) is 20.7 Å². The normalized spacial score (nSPS) is 11.5. The molecule has 2 rings (SSSR count). The Hall–Kier alpha value is -0.880. The summed E-state index contributed by atoms with van der Waals surface area (Å²) in [6.45, 7) is 0.204. The van der Waals surface area contributed by atoms with Crippen molar-refractivity contribution in [1.29, 1.82) is 0 Å². The average molecular weight is 361 g/mol. The summed E-state index contributed by atoms with van der Waals surface area (Å²) in [4.78, 5) is 0.226. The van der Waals surface area contributed by atoms with Gasteiger partial charge in [-0.1, -0.05) is 45.7 Å². The zero-order valence-corrected chi connectivity index (χ0v) is 13.0. The largest absolute Gasteiger partial charge is 0.240 e. The maximum Gasteiger partial charge on any atom is 0.240 e. The predicted octanol–water partition coefficient (Wildman–Crippen LogP) is 3.58. The van der Waals surface area contributed by atoms with Crippen LogP contribution in [-0.4, -0.2) is 8.42 Å². The van der Waals surface area contributed by atoms with E-state index in [-0.39, 0.29) is 11.4 Å². The molecule has 0 aliphatic rings. The molecule has 0 bridgehead atoms. The fraction of sp³-hybridized carbons (Fsp3) is 0.0769. The average Bonchev–Trinajstić information content (AvgIpc) is 2.37. The van der Waals surface area contributed by atoms with Crippen LogP contribution in [-0.2, 0) is 16.6 Å². The van der Waals surface area contributed by atoms with E-state index >= 15 is 0 Å². The van der Waals surface area contributed by atoms with Gasteiger partial charge >= 0.3 is 0 Å². The van der Waals surface area contributed by atoms with Gasteiger partial charge in [-0.3, -0.25) is 0 Å². The third-order valence-corrected chi connectivity index (χ3v) is 4.59. The zero-order valence-electron chi connectivity index (χ0n) is 9.81. The van der Waals surface area contributed by atoms with Gasteiger partial charge in [0, 0.05) is 16.0 Å². The lowest BCUT2D eigenvalue weighted by molar-refractivity contribution is 0.581. The molecule has 0 fully saturated rings. The Labute approximate surface area is 125 Å². The Bertz CT molecular complexity index is 689. The standard InChI is InChI=1S/C13H11BrClNO2S/c14-11-4-2-6-13(8-11)19(17,18)16-9-10-3-1-5-12(15)7-10/h1-8,16H,9H2. The Morgan fingerprint density at radius 2 is 1.84 bits per heavy atom. The molecule has 0 aliphatic carbocycles.